The predicted molar refractivity (Wildman–Crippen MR) is 96.3 cm³/mol. The molecule has 2 rings (SSSR count). The molecule has 2 N–H and O–H groups in total. The van der Waals surface area contributed by atoms with Crippen LogP contribution in [0, 0.1) is 11.8 Å². The number of thiophene rings is 1. The lowest BCUT2D eigenvalue weighted by Crippen LogP contribution is -2.48. The highest BCUT2D eigenvalue weighted by Crippen LogP contribution is 2.29. The number of esters is 1. The molecule has 138 valence electrons. The smallest absolute Gasteiger partial charge is 0.326 e. The van der Waals surface area contributed by atoms with Crippen LogP contribution in [0.15, 0.2) is 17.5 Å². The SMILES string of the molecule is C[C@H]1[C@@H](NC(=O)[C@@H](C)OC(=O)CNC(=O)c2cccs2)CCC[C@@H]1C. The van der Waals surface area contributed by atoms with Crippen LogP contribution >= 0.6 is 11.3 Å². The predicted octanol–water partition coefficient (Wildman–Crippen LogP) is 2.35. The number of nitrogens with one attached hydrogen (secondary N) is 2. The van der Waals surface area contributed by atoms with Crippen molar-refractivity contribution < 1.29 is 19.1 Å². The molecule has 1 aromatic rings. The van der Waals surface area contributed by atoms with E-state index in [4.69, 9.17) is 4.74 Å². The molecule has 1 aliphatic carbocycles. The maximum Gasteiger partial charge on any atom is 0.326 e. The number of hydrogen-bond acceptors (Lipinski definition) is 5. The van der Waals surface area contributed by atoms with Crippen molar-refractivity contribution in [1.29, 1.82) is 0 Å². The Hall–Kier alpha value is -1.89. The van der Waals surface area contributed by atoms with Crippen molar-refractivity contribution in [3.8, 4) is 0 Å². The van der Waals surface area contributed by atoms with E-state index >= 15 is 0 Å². The van der Waals surface area contributed by atoms with Crippen molar-refractivity contribution in [2.24, 2.45) is 11.8 Å². The lowest BCUT2D eigenvalue weighted by Gasteiger charge is -2.35. The third-order valence-corrected chi connectivity index (χ3v) is 5.72. The van der Waals surface area contributed by atoms with Crippen LogP contribution in [0.5, 0.6) is 0 Å². The molecule has 0 spiro atoms. The van der Waals surface area contributed by atoms with Crippen LogP contribution in [0.25, 0.3) is 0 Å². The lowest BCUT2D eigenvalue weighted by atomic mass is 9.78. The summed E-state index contributed by atoms with van der Waals surface area (Å²) in [6.07, 6.45) is 2.35. The molecule has 1 aliphatic rings. The van der Waals surface area contributed by atoms with Crippen molar-refractivity contribution in [2.75, 3.05) is 6.54 Å². The Morgan fingerprint density at radius 3 is 2.76 bits per heavy atom. The fraction of sp³-hybridized carbons (Fsp3) is 0.611. The van der Waals surface area contributed by atoms with Crippen molar-refractivity contribution >= 4 is 29.1 Å². The Morgan fingerprint density at radius 2 is 2.08 bits per heavy atom. The molecule has 0 aliphatic heterocycles. The molecule has 2 amide bonds. The quantitative estimate of drug-likeness (QED) is 0.757. The van der Waals surface area contributed by atoms with E-state index in [0.717, 1.165) is 12.8 Å². The first-order valence-corrected chi connectivity index (χ1v) is 9.58. The molecule has 1 aromatic heterocycles. The van der Waals surface area contributed by atoms with Gasteiger partial charge in [-0.1, -0.05) is 32.8 Å². The van der Waals surface area contributed by atoms with Gasteiger partial charge >= 0.3 is 5.97 Å². The van der Waals surface area contributed by atoms with Crippen molar-refractivity contribution in [3.05, 3.63) is 22.4 Å². The molecule has 25 heavy (non-hydrogen) atoms. The first-order chi connectivity index (χ1) is 11.9. The topological polar surface area (TPSA) is 84.5 Å². The molecule has 1 heterocycles. The van der Waals surface area contributed by atoms with Gasteiger partial charge in [-0.3, -0.25) is 14.4 Å². The van der Waals surface area contributed by atoms with E-state index in [-0.39, 0.29) is 24.4 Å². The van der Waals surface area contributed by atoms with Crippen molar-refractivity contribution in [2.45, 2.75) is 52.2 Å². The Labute approximate surface area is 152 Å². The Kier molecular flexibility index (Phi) is 6.99. The molecule has 0 aromatic carbocycles. The van der Waals surface area contributed by atoms with E-state index in [1.807, 2.05) is 0 Å². The average Bonchev–Trinajstić information content (AvgIpc) is 3.11. The summed E-state index contributed by atoms with van der Waals surface area (Å²) in [5.74, 6) is -0.259. The van der Waals surface area contributed by atoms with E-state index in [2.05, 4.69) is 24.5 Å². The van der Waals surface area contributed by atoms with Gasteiger partial charge in [0.15, 0.2) is 6.10 Å². The zero-order valence-corrected chi connectivity index (χ0v) is 15.7. The molecule has 1 saturated carbocycles. The van der Waals surface area contributed by atoms with E-state index in [1.165, 1.54) is 17.8 Å². The molecule has 1 fully saturated rings. The van der Waals surface area contributed by atoms with Gasteiger partial charge in [0.05, 0.1) is 4.88 Å². The highest BCUT2D eigenvalue weighted by Gasteiger charge is 2.30. The second-order valence-corrected chi connectivity index (χ2v) is 7.62. The van der Waals surface area contributed by atoms with Gasteiger partial charge in [-0.25, -0.2) is 0 Å². The second-order valence-electron chi connectivity index (χ2n) is 6.67. The monoisotopic (exact) mass is 366 g/mol. The standard InChI is InChI=1S/C18H26N2O4S/c1-11-6-4-7-14(12(11)2)20-17(22)13(3)24-16(21)10-19-18(23)15-8-5-9-25-15/h5,8-9,11-14H,4,6-7,10H2,1-3H3,(H,19,23)(H,20,22)/t11-,12+,13+,14-/m0/s1. The van der Waals surface area contributed by atoms with Crippen molar-refractivity contribution in [3.63, 3.8) is 0 Å². The normalized spacial score (nSPS) is 24.2. The van der Waals surface area contributed by atoms with Gasteiger partial charge in [0.1, 0.15) is 6.54 Å². The minimum Gasteiger partial charge on any atom is -0.451 e. The summed E-state index contributed by atoms with van der Waals surface area (Å²) in [6, 6.07) is 3.56. The summed E-state index contributed by atoms with van der Waals surface area (Å²) in [7, 11) is 0. The minimum absolute atomic E-state index is 0.121. The van der Waals surface area contributed by atoms with Crippen LogP contribution in [-0.4, -0.2) is 36.5 Å². The van der Waals surface area contributed by atoms with Crippen LogP contribution in [0.3, 0.4) is 0 Å². The number of rotatable bonds is 6. The molecule has 0 bridgehead atoms. The van der Waals surface area contributed by atoms with Crippen LogP contribution in [0.1, 0.15) is 49.7 Å². The maximum absolute atomic E-state index is 12.2. The summed E-state index contributed by atoms with van der Waals surface area (Å²) < 4.78 is 5.12. The van der Waals surface area contributed by atoms with Gasteiger partial charge in [-0.05, 0) is 36.6 Å². The van der Waals surface area contributed by atoms with E-state index in [1.54, 1.807) is 24.4 Å². The van der Waals surface area contributed by atoms with Gasteiger partial charge in [0.2, 0.25) is 0 Å². The first kappa shape index (κ1) is 19.4. The molecule has 7 heteroatoms. The Morgan fingerprint density at radius 1 is 1.32 bits per heavy atom. The van der Waals surface area contributed by atoms with Crippen LogP contribution in [0.2, 0.25) is 0 Å². The summed E-state index contributed by atoms with van der Waals surface area (Å²) in [5.41, 5.74) is 0. The zero-order chi connectivity index (χ0) is 18.4. The molecular formula is C18H26N2O4S. The van der Waals surface area contributed by atoms with Gasteiger partial charge in [0.25, 0.3) is 11.8 Å². The minimum atomic E-state index is -0.879. The summed E-state index contributed by atoms with van der Waals surface area (Å²) >= 11 is 1.29. The zero-order valence-electron chi connectivity index (χ0n) is 14.9. The van der Waals surface area contributed by atoms with Gasteiger partial charge in [-0.15, -0.1) is 11.3 Å². The van der Waals surface area contributed by atoms with Crippen molar-refractivity contribution in [1.82, 2.24) is 10.6 Å². The van der Waals surface area contributed by atoms with Gasteiger partial charge in [0, 0.05) is 6.04 Å². The van der Waals surface area contributed by atoms with E-state index < -0.39 is 12.1 Å². The van der Waals surface area contributed by atoms with Gasteiger partial charge in [-0.2, -0.15) is 0 Å². The fourth-order valence-electron chi connectivity index (χ4n) is 3.03. The third-order valence-electron chi connectivity index (χ3n) is 4.85. The average molecular weight is 366 g/mol. The Bertz CT molecular complexity index is 602. The second kappa shape index (κ2) is 8.99. The Balaban J connectivity index is 1.74. The van der Waals surface area contributed by atoms with Crippen LogP contribution in [0.4, 0.5) is 0 Å². The fourth-order valence-corrected chi connectivity index (χ4v) is 3.67. The van der Waals surface area contributed by atoms with E-state index in [9.17, 15) is 14.4 Å². The molecule has 0 unspecified atom stereocenters. The third kappa shape index (κ3) is 5.56. The summed E-state index contributed by atoms with van der Waals surface area (Å²) in [5, 5.41) is 7.26. The lowest BCUT2D eigenvalue weighted by molar-refractivity contribution is -0.154. The van der Waals surface area contributed by atoms with Crippen LogP contribution < -0.4 is 10.6 Å². The molecular weight excluding hydrogens is 340 g/mol. The number of ether oxygens (including phenoxy) is 1. The maximum atomic E-state index is 12.2. The highest BCUT2D eigenvalue weighted by molar-refractivity contribution is 7.12. The molecule has 4 atom stereocenters. The number of hydrogen-bond donors (Lipinski definition) is 2. The van der Waals surface area contributed by atoms with Crippen LogP contribution in [-0.2, 0) is 14.3 Å². The summed E-state index contributed by atoms with van der Waals surface area (Å²) in [6.45, 7) is 5.63. The van der Waals surface area contributed by atoms with Gasteiger partial charge < -0.3 is 15.4 Å². The number of carbonyl (C=O) groups is 3. The summed E-state index contributed by atoms with van der Waals surface area (Å²) in [4.78, 5) is 36.4. The number of carbonyl (C=O) groups excluding carboxylic acids is 3. The largest absolute Gasteiger partial charge is 0.451 e. The molecule has 0 radical (unpaired) electrons. The van der Waals surface area contributed by atoms with E-state index in [0.29, 0.717) is 16.7 Å². The number of amides is 2. The first-order valence-electron chi connectivity index (χ1n) is 8.70. The highest BCUT2D eigenvalue weighted by atomic mass is 32.1. The molecule has 6 nitrogen and oxygen atoms in total. The molecule has 0 saturated heterocycles.